The Labute approximate surface area is 211 Å². The maximum atomic E-state index is 13.3. The van der Waals surface area contributed by atoms with Gasteiger partial charge in [-0.1, -0.05) is 24.3 Å². The van der Waals surface area contributed by atoms with E-state index in [9.17, 15) is 14.0 Å². The quantitative estimate of drug-likeness (QED) is 0.175. The van der Waals surface area contributed by atoms with Crippen LogP contribution in [0.4, 0.5) is 9.39 Å². The van der Waals surface area contributed by atoms with Crippen LogP contribution in [0.5, 0.6) is 0 Å². The Morgan fingerprint density at radius 1 is 1.23 bits per heavy atom. The van der Waals surface area contributed by atoms with E-state index in [-0.39, 0.29) is 30.1 Å². The van der Waals surface area contributed by atoms with Crippen LogP contribution in [0, 0.1) is 5.82 Å². The third-order valence-electron chi connectivity index (χ3n) is 5.62. The number of ether oxygens (including phenoxy) is 1. The molecule has 184 valence electrons. The average molecular weight is 515 g/mol. The molecule has 1 aliphatic carbocycles. The summed E-state index contributed by atoms with van der Waals surface area (Å²) in [5.41, 5.74) is 2.24. The van der Waals surface area contributed by atoms with E-state index in [1.165, 1.54) is 35.2 Å². The van der Waals surface area contributed by atoms with E-state index in [4.69, 9.17) is 4.74 Å². The lowest BCUT2D eigenvalue weighted by Crippen LogP contribution is -2.17. The molecule has 2 heterocycles. The third kappa shape index (κ3) is 5.82. The van der Waals surface area contributed by atoms with Crippen molar-refractivity contribution in [3.05, 3.63) is 58.7 Å². The summed E-state index contributed by atoms with van der Waals surface area (Å²) in [4.78, 5) is 26.8. The molecule has 10 heteroatoms. The molecule has 0 bridgehead atoms. The molecule has 0 radical (unpaired) electrons. The number of hydrogen-bond donors (Lipinski definition) is 1. The fraction of sp³-hybridized carbons (Fsp3) is 0.360. The molecule has 0 aliphatic heterocycles. The van der Waals surface area contributed by atoms with E-state index in [2.05, 4.69) is 22.1 Å². The van der Waals surface area contributed by atoms with Crippen LogP contribution in [-0.2, 0) is 28.9 Å². The number of rotatable bonds is 9. The maximum absolute atomic E-state index is 13.3. The minimum Gasteiger partial charge on any atom is -0.462 e. The summed E-state index contributed by atoms with van der Waals surface area (Å²) in [7, 11) is 0. The molecule has 1 aliphatic rings. The zero-order chi connectivity index (χ0) is 24.8. The summed E-state index contributed by atoms with van der Waals surface area (Å²) in [5, 5.41) is 12.5. The molecule has 0 spiro atoms. The number of allylic oxidation sites excluding steroid dienone is 1. The van der Waals surface area contributed by atoms with E-state index in [0.29, 0.717) is 28.1 Å². The summed E-state index contributed by atoms with van der Waals surface area (Å²) in [6.07, 6.45) is 6.68. The number of nitrogens with one attached hydrogen (secondary N) is 1. The first kappa shape index (κ1) is 25.1. The molecule has 1 N–H and O–H groups in total. The highest BCUT2D eigenvalue weighted by Crippen LogP contribution is 2.38. The number of aromatic nitrogens is 3. The standard InChI is InChI=1S/C25H27FN4O3S2/c1-3-14-30-22(16-10-12-17(26)13-11-16)28-29-25(30)34-15-20(31)27-23-21(24(32)33-4-2)18-8-6-5-7-9-19(18)35-23/h3,10-13H,1,4-9,14-15H2,2H3,(H,27,31). The van der Waals surface area contributed by atoms with Crippen molar-refractivity contribution in [3.63, 3.8) is 0 Å². The number of hydrogen-bond acceptors (Lipinski definition) is 7. The van der Waals surface area contributed by atoms with Crippen LogP contribution in [-0.4, -0.2) is 39.0 Å². The molecule has 7 nitrogen and oxygen atoms in total. The van der Waals surface area contributed by atoms with Crippen molar-refractivity contribution < 1.29 is 18.7 Å². The van der Waals surface area contributed by atoms with Crippen molar-refractivity contribution in [2.75, 3.05) is 17.7 Å². The van der Waals surface area contributed by atoms with Gasteiger partial charge in [0.15, 0.2) is 11.0 Å². The Kier molecular flexibility index (Phi) is 8.35. The molecular formula is C25H27FN4O3S2. The van der Waals surface area contributed by atoms with Crippen molar-refractivity contribution >= 4 is 40.0 Å². The molecule has 0 unspecified atom stereocenters. The Hall–Kier alpha value is -2.98. The Bertz CT molecular complexity index is 1220. The third-order valence-corrected chi connectivity index (χ3v) is 7.79. The number of thioether (sulfide) groups is 1. The lowest BCUT2D eigenvalue weighted by molar-refractivity contribution is -0.113. The maximum Gasteiger partial charge on any atom is 0.341 e. The smallest absolute Gasteiger partial charge is 0.341 e. The fourth-order valence-corrected chi connectivity index (χ4v) is 6.09. The zero-order valence-corrected chi connectivity index (χ0v) is 21.1. The van der Waals surface area contributed by atoms with Gasteiger partial charge in [-0.3, -0.25) is 9.36 Å². The van der Waals surface area contributed by atoms with Gasteiger partial charge in [0, 0.05) is 17.0 Å². The summed E-state index contributed by atoms with van der Waals surface area (Å²) in [5.74, 6) is -0.302. The molecule has 0 saturated carbocycles. The van der Waals surface area contributed by atoms with Gasteiger partial charge in [-0.25, -0.2) is 9.18 Å². The normalized spacial score (nSPS) is 13.1. The predicted molar refractivity (Wildman–Crippen MR) is 137 cm³/mol. The SMILES string of the molecule is C=CCn1c(SCC(=O)Nc2sc3c(c2C(=O)OCC)CCCCC3)nnc1-c1ccc(F)cc1. The molecule has 0 atom stereocenters. The Morgan fingerprint density at radius 3 is 2.74 bits per heavy atom. The topological polar surface area (TPSA) is 86.1 Å². The lowest BCUT2D eigenvalue weighted by Gasteiger charge is -2.09. The van der Waals surface area contributed by atoms with Gasteiger partial charge in [-0.05, 0) is 62.4 Å². The first-order chi connectivity index (χ1) is 17.0. The molecular weight excluding hydrogens is 487 g/mol. The summed E-state index contributed by atoms with van der Waals surface area (Å²) in [6, 6.07) is 6.01. The highest BCUT2D eigenvalue weighted by atomic mass is 32.2. The number of carbonyl (C=O) groups excluding carboxylic acids is 2. The zero-order valence-electron chi connectivity index (χ0n) is 19.5. The molecule has 3 aromatic rings. The summed E-state index contributed by atoms with van der Waals surface area (Å²) >= 11 is 2.71. The fourth-order valence-electron chi connectivity index (χ4n) is 4.04. The minimum absolute atomic E-state index is 0.0868. The van der Waals surface area contributed by atoms with Crippen molar-refractivity contribution in [1.29, 1.82) is 0 Å². The van der Waals surface area contributed by atoms with Gasteiger partial charge >= 0.3 is 5.97 Å². The van der Waals surface area contributed by atoms with Crippen LogP contribution in [0.25, 0.3) is 11.4 Å². The van der Waals surface area contributed by atoms with Gasteiger partial charge in [0.25, 0.3) is 0 Å². The number of esters is 1. The average Bonchev–Trinajstić information content (AvgIpc) is 3.31. The highest BCUT2D eigenvalue weighted by molar-refractivity contribution is 7.99. The van der Waals surface area contributed by atoms with Crippen LogP contribution < -0.4 is 5.32 Å². The second-order valence-electron chi connectivity index (χ2n) is 8.04. The molecule has 0 fully saturated rings. The molecule has 1 aromatic carbocycles. The van der Waals surface area contributed by atoms with E-state index in [1.54, 1.807) is 25.1 Å². The second kappa shape index (κ2) is 11.6. The molecule has 4 rings (SSSR count). The minimum atomic E-state index is -0.385. The van der Waals surface area contributed by atoms with Gasteiger partial charge in [-0.15, -0.1) is 28.1 Å². The Morgan fingerprint density at radius 2 is 2.00 bits per heavy atom. The van der Waals surface area contributed by atoms with Gasteiger partial charge in [0.2, 0.25) is 5.91 Å². The lowest BCUT2D eigenvalue weighted by atomic mass is 10.1. The van der Waals surface area contributed by atoms with Crippen molar-refractivity contribution in [2.45, 2.75) is 50.7 Å². The number of amides is 1. The van der Waals surface area contributed by atoms with Crippen LogP contribution >= 0.6 is 23.1 Å². The number of benzene rings is 1. The van der Waals surface area contributed by atoms with Crippen LogP contribution in [0.3, 0.4) is 0 Å². The van der Waals surface area contributed by atoms with Crippen molar-refractivity contribution in [1.82, 2.24) is 14.8 Å². The van der Waals surface area contributed by atoms with E-state index >= 15 is 0 Å². The first-order valence-corrected chi connectivity index (χ1v) is 13.4. The monoisotopic (exact) mass is 514 g/mol. The largest absolute Gasteiger partial charge is 0.462 e. The molecule has 1 amide bonds. The molecule has 35 heavy (non-hydrogen) atoms. The van der Waals surface area contributed by atoms with Crippen LogP contribution in [0.2, 0.25) is 0 Å². The first-order valence-electron chi connectivity index (χ1n) is 11.6. The van der Waals surface area contributed by atoms with E-state index < -0.39 is 0 Å². The van der Waals surface area contributed by atoms with Gasteiger partial charge in [-0.2, -0.15) is 0 Å². The van der Waals surface area contributed by atoms with E-state index in [1.807, 2.05) is 4.57 Å². The van der Waals surface area contributed by atoms with Crippen LogP contribution in [0.15, 0.2) is 42.1 Å². The number of carbonyl (C=O) groups is 2. The second-order valence-corrected chi connectivity index (χ2v) is 10.1. The summed E-state index contributed by atoms with van der Waals surface area (Å²) in [6.45, 7) is 6.28. The van der Waals surface area contributed by atoms with Gasteiger partial charge in [0.1, 0.15) is 10.8 Å². The molecule has 0 saturated heterocycles. The van der Waals surface area contributed by atoms with Crippen molar-refractivity contribution in [3.8, 4) is 11.4 Å². The Balaban J connectivity index is 1.50. The summed E-state index contributed by atoms with van der Waals surface area (Å²) < 4.78 is 20.5. The van der Waals surface area contributed by atoms with E-state index in [0.717, 1.165) is 48.1 Å². The van der Waals surface area contributed by atoms with Crippen molar-refractivity contribution in [2.24, 2.45) is 0 Å². The van der Waals surface area contributed by atoms with Gasteiger partial charge < -0.3 is 10.1 Å². The number of nitrogens with zero attached hydrogens (tertiary/aromatic N) is 3. The predicted octanol–water partition coefficient (Wildman–Crippen LogP) is 5.51. The number of fused-ring (bicyclic) bond motifs is 1. The highest BCUT2D eigenvalue weighted by Gasteiger charge is 2.27. The number of anilines is 1. The number of aryl methyl sites for hydroxylation is 1. The van der Waals surface area contributed by atoms with Crippen LogP contribution in [0.1, 0.15) is 47.0 Å². The van der Waals surface area contributed by atoms with Gasteiger partial charge in [0.05, 0.1) is 17.9 Å². The number of thiophene rings is 1. The molecule has 2 aromatic heterocycles. The number of halogens is 1.